The summed E-state index contributed by atoms with van der Waals surface area (Å²) in [6.45, 7) is 0. The van der Waals surface area contributed by atoms with Crippen molar-refractivity contribution in [3.05, 3.63) is 28.0 Å². The number of aliphatic carboxylic acids is 1. The lowest BCUT2D eigenvalue weighted by Gasteiger charge is -2.10. The standard InChI is InChI=1S/C9H7Cl2F2NO2/c10-3-5-4(9(12)13)1-7(11)14-6(5)2-8(15)16/h1,9H,2-3H2,(H,15,16). The van der Waals surface area contributed by atoms with Gasteiger partial charge in [-0.25, -0.2) is 13.8 Å². The molecule has 3 nitrogen and oxygen atoms in total. The minimum atomic E-state index is -2.76. The Morgan fingerprint density at radius 2 is 2.19 bits per heavy atom. The molecule has 0 atom stereocenters. The van der Waals surface area contributed by atoms with E-state index in [1.807, 2.05) is 0 Å². The maximum atomic E-state index is 12.6. The summed E-state index contributed by atoms with van der Waals surface area (Å²) in [7, 11) is 0. The zero-order chi connectivity index (χ0) is 12.3. The lowest BCUT2D eigenvalue weighted by molar-refractivity contribution is -0.136. The zero-order valence-corrected chi connectivity index (χ0v) is 9.40. The number of hydrogen-bond donors (Lipinski definition) is 1. The van der Waals surface area contributed by atoms with Gasteiger partial charge in [0, 0.05) is 11.4 Å². The normalized spacial score (nSPS) is 10.8. The number of halogens is 4. The van der Waals surface area contributed by atoms with Crippen molar-refractivity contribution < 1.29 is 18.7 Å². The second-order valence-corrected chi connectivity index (χ2v) is 3.62. The number of hydrogen-bond acceptors (Lipinski definition) is 2. The molecular formula is C9H7Cl2F2NO2. The molecule has 0 saturated carbocycles. The van der Waals surface area contributed by atoms with Gasteiger partial charge >= 0.3 is 5.97 Å². The van der Waals surface area contributed by atoms with Crippen LogP contribution in [0.1, 0.15) is 23.2 Å². The Labute approximate surface area is 100 Å². The van der Waals surface area contributed by atoms with Gasteiger partial charge in [0.05, 0.1) is 12.1 Å². The van der Waals surface area contributed by atoms with Gasteiger partial charge in [0.1, 0.15) is 5.15 Å². The van der Waals surface area contributed by atoms with Crippen LogP contribution in [-0.2, 0) is 17.1 Å². The van der Waals surface area contributed by atoms with Gasteiger partial charge in [-0.1, -0.05) is 11.6 Å². The van der Waals surface area contributed by atoms with Gasteiger partial charge in [0.2, 0.25) is 0 Å². The molecule has 0 aliphatic rings. The first-order valence-corrected chi connectivity index (χ1v) is 5.11. The summed E-state index contributed by atoms with van der Waals surface area (Å²) in [5, 5.41) is 8.43. The summed E-state index contributed by atoms with van der Waals surface area (Å²) in [5.74, 6) is -1.41. The van der Waals surface area contributed by atoms with Crippen molar-refractivity contribution >= 4 is 29.2 Å². The topological polar surface area (TPSA) is 50.2 Å². The Morgan fingerprint density at radius 3 is 2.62 bits per heavy atom. The van der Waals surface area contributed by atoms with Crippen LogP contribution in [0.25, 0.3) is 0 Å². The number of carboxylic acid groups (broad SMARTS) is 1. The van der Waals surface area contributed by atoms with Gasteiger partial charge in [-0.2, -0.15) is 0 Å². The summed E-state index contributed by atoms with van der Waals surface area (Å²) in [4.78, 5) is 14.2. The summed E-state index contributed by atoms with van der Waals surface area (Å²) < 4.78 is 25.2. The molecule has 0 radical (unpaired) electrons. The molecule has 0 aromatic carbocycles. The molecule has 0 fully saturated rings. The third-order valence-electron chi connectivity index (χ3n) is 1.90. The van der Waals surface area contributed by atoms with Crippen LogP contribution in [0, 0.1) is 0 Å². The van der Waals surface area contributed by atoms with Crippen LogP contribution in [0.5, 0.6) is 0 Å². The smallest absolute Gasteiger partial charge is 0.309 e. The van der Waals surface area contributed by atoms with Crippen LogP contribution in [0.15, 0.2) is 6.07 Å². The van der Waals surface area contributed by atoms with Crippen LogP contribution in [0.2, 0.25) is 5.15 Å². The van der Waals surface area contributed by atoms with Crippen molar-refractivity contribution in [2.75, 3.05) is 0 Å². The quantitative estimate of drug-likeness (QED) is 0.675. The first kappa shape index (κ1) is 13.1. The van der Waals surface area contributed by atoms with E-state index < -0.39 is 18.8 Å². The Kier molecular flexibility index (Phi) is 4.44. The molecule has 0 aliphatic heterocycles. The number of nitrogens with zero attached hydrogens (tertiary/aromatic N) is 1. The highest BCUT2D eigenvalue weighted by Crippen LogP contribution is 2.28. The minimum absolute atomic E-state index is 0.0229. The van der Waals surface area contributed by atoms with Crippen molar-refractivity contribution in [1.82, 2.24) is 4.98 Å². The fraction of sp³-hybridized carbons (Fsp3) is 0.333. The third kappa shape index (κ3) is 3.02. The van der Waals surface area contributed by atoms with Gasteiger partial charge in [-0.3, -0.25) is 4.79 Å². The Hall–Kier alpha value is -0.940. The third-order valence-corrected chi connectivity index (χ3v) is 2.36. The molecule has 16 heavy (non-hydrogen) atoms. The van der Waals surface area contributed by atoms with Crippen LogP contribution in [0.4, 0.5) is 8.78 Å². The Morgan fingerprint density at radius 1 is 1.56 bits per heavy atom. The molecule has 1 aromatic heterocycles. The van der Waals surface area contributed by atoms with Gasteiger partial charge in [-0.05, 0) is 11.6 Å². The lowest BCUT2D eigenvalue weighted by Crippen LogP contribution is -2.08. The van der Waals surface area contributed by atoms with Crippen LogP contribution >= 0.6 is 23.2 Å². The molecule has 0 spiro atoms. The van der Waals surface area contributed by atoms with E-state index in [4.69, 9.17) is 28.3 Å². The number of pyridine rings is 1. The summed E-state index contributed by atoms with van der Waals surface area (Å²) >= 11 is 11.0. The van der Waals surface area contributed by atoms with Gasteiger partial charge in [0.25, 0.3) is 6.43 Å². The average Bonchev–Trinajstić information content (AvgIpc) is 2.15. The molecular weight excluding hydrogens is 263 g/mol. The van der Waals surface area contributed by atoms with Crippen molar-refractivity contribution in [1.29, 1.82) is 0 Å². The van der Waals surface area contributed by atoms with Crippen LogP contribution < -0.4 is 0 Å². The van der Waals surface area contributed by atoms with E-state index in [9.17, 15) is 13.6 Å². The number of alkyl halides is 3. The van der Waals surface area contributed by atoms with Crippen LogP contribution in [-0.4, -0.2) is 16.1 Å². The van der Waals surface area contributed by atoms with Gasteiger partial charge in [0.15, 0.2) is 0 Å². The van der Waals surface area contributed by atoms with Gasteiger partial charge < -0.3 is 5.11 Å². The van der Waals surface area contributed by atoms with Crippen molar-refractivity contribution in [3.8, 4) is 0 Å². The van der Waals surface area contributed by atoms with Crippen molar-refractivity contribution in [3.63, 3.8) is 0 Å². The largest absolute Gasteiger partial charge is 0.481 e. The lowest BCUT2D eigenvalue weighted by atomic mass is 10.1. The minimum Gasteiger partial charge on any atom is -0.481 e. The second kappa shape index (κ2) is 5.41. The van der Waals surface area contributed by atoms with Crippen molar-refractivity contribution in [2.24, 2.45) is 0 Å². The van der Waals surface area contributed by atoms with E-state index in [1.165, 1.54) is 0 Å². The van der Waals surface area contributed by atoms with Gasteiger partial charge in [-0.15, -0.1) is 11.6 Å². The molecule has 0 unspecified atom stereocenters. The number of rotatable bonds is 4. The van der Waals surface area contributed by atoms with Crippen LogP contribution in [0.3, 0.4) is 0 Å². The SMILES string of the molecule is O=C(O)Cc1nc(Cl)cc(C(F)F)c1CCl. The van der Waals surface area contributed by atoms with E-state index in [0.29, 0.717) is 0 Å². The molecule has 0 saturated heterocycles. The fourth-order valence-electron chi connectivity index (χ4n) is 1.25. The monoisotopic (exact) mass is 269 g/mol. The molecule has 1 heterocycles. The second-order valence-electron chi connectivity index (χ2n) is 2.96. The summed E-state index contributed by atoms with van der Waals surface area (Å²) in [6.07, 6.45) is -3.25. The predicted molar refractivity (Wildman–Crippen MR) is 55.1 cm³/mol. The maximum absolute atomic E-state index is 12.6. The molecule has 1 N–H and O–H groups in total. The highest BCUT2D eigenvalue weighted by Gasteiger charge is 2.19. The highest BCUT2D eigenvalue weighted by molar-refractivity contribution is 6.29. The first-order chi connectivity index (χ1) is 7.45. The predicted octanol–water partition coefficient (Wildman–Crippen LogP) is 3.04. The molecule has 1 rings (SSSR count). The summed E-state index contributed by atoms with van der Waals surface area (Å²) in [6, 6.07) is 0.995. The van der Waals surface area contributed by atoms with E-state index in [-0.39, 0.29) is 27.9 Å². The zero-order valence-electron chi connectivity index (χ0n) is 7.88. The van der Waals surface area contributed by atoms with E-state index >= 15 is 0 Å². The molecule has 0 aliphatic carbocycles. The Bertz CT molecular complexity index is 413. The maximum Gasteiger partial charge on any atom is 0.309 e. The average molecular weight is 270 g/mol. The number of carbonyl (C=O) groups is 1. The summed E-state index contributed by atoms with van der Waals surface area (Å²) in [5.41, 5.74) is -0.361. The molecule has 0 amide bonds. The van der Waals surface area contributed by atoms with E-state index in [2.05, 4.69) is 4.98 Å². The highest BCUT2D eigenvalue weighted by atomic mass is 35.5. The van der Waals surface area contributed by atoms with E-state index in [0.717, 1.165) is 6.07 Å². The fourth-order valence-corrected chi connectivity index (χ4v) is 1.78. The first-order valence-electron chi connectivity index (χ1n) is 4.19. The molecule has 7 heteroatoms. The molecule has 1 aromatic rings. The van der Waals surface area contributed by atoms with E-state index in [1.54, 1.807) is 0 Å². The molecule has 0 bridgehead atoms. The number of aromatic nitrogens is 1. The Balaban J connectivity index is 3.29. The van der Waals surface area contributed by atoms with Crippen molar-refractivity contribution in [2.45, 2.75) is 18.7 Å². The molecule has 88 valence electrons. The number of carboxylic acids is 1.